The van der Waals surface area contributed by atoms with Crippen LogP contribution in [-0.4, -0.2) is 66.2 Å². The molecule has 2 aliphatic heterocycles. The molecule has 1 amide bonds. The highest BCUT2D eigenvalue weighted by molar-refractivity contribution is 7.13. The Hall–Kier alpha value is -3.64. The molecule has 1 N–H and O–H groups in total. The van der Waals surface area contributed by atoms with Crippen LogP contribution in [-0.2, 0) is 4.74 Å². The van der Waals surface area contributed by atoms with Crippen molar-refractivity contribution < 1.29 is 22.7 Å². The number of thiazole rings is 1. The maximum Gasteiger partial charge on any atom is 0.298 e. The van der Waals surface area contributed by atoms with Crippen molar-refractivity contribution in [1.29, 1.82) is 0 Å². The van der Waals surface area contributed by atoms with Crippen LogP contribution in [0.15, 0.2) is 40.3 Å². The third-order valence-electron chi connectivity index (χ3n) is 6.64. The molecule has 2 fully saturated rings. The number of rotatable bonds is 5. The number of anilines is 3. The lowest BCUT2D eigenvalue weighted by atomic mass is 10.1. The molecule has 0 unspecified atom stereocenters. The Morgan fingerprint density at radius 3 is 2.76 bits per heavy atom. The van der Waals surface area contributed by atoms with E-state index in [1.807, 2.05) is 24.0 Å². The Labute approximate surface area is 221 Å². The second-order valence-corrected chi connectivity index (χ2v) is 10.4. The molecule has 0 bridgehead atoms. The van der Waals surface area contributed by atoms with E-state index in [-0.39, 0.29) is 12.1 Å². The molecule has 0 atom stereocenters. The minimum Gasteiger partial charge on any atom is -0.423 e. The Kier molecular flexibility index (Phi) is 6.44. The summed E-state index contributed by atoms with van der Waals surface area (Å²) in [6.45, 7) is 4.33. The number of morpholine rings is 1. The number of hydrogen-bond acceptors (Lipinski definition) is 9. The second-order valence-electron chi connectivity index (χ2n) is 9.49. The summed E-state index contributed by atoms with van der Waals surface area (Å²) in [6.07, 6.45) is 1.88. The first-order valence-electron chi connectivity index (χ1n) is 12.4. The fourth-order valence-corrected chi connectivity index (χ4v) is 5.55. The van der Waals surface area contributed by atoms with Crippen LogP contribution in [0, 0.1) is 6.92 Å². The molecular weight excluding hydrogens is 514 g/mol. The fraction of sp³-hybridized carbons (Fsp3) is 0.385. The first-order valence-corrected chi connectivity index (χ1v) is 13.3. The highest BCUT2D eigenvalue weighted by Gasteiger charge is 2.36. The maximum absolute atomic E-state index is 14.4. The molecule has 0 radical (unpaired) electrons. The normalized spacial score (nSPS) is 17.7. The van der Waals surface area contributed by atoms with Gasteiger partial charge < -0.3 is 24.3 Å². The van der Waals surface area contributed by atoms with Gasteiger partial charge in [-0.25, -0.2) is 13.8 Å². The lowest BCUT2D eigenvalue weighted by Crippen LogP contribution is -2.43. The van der Waals surface area contributed by atoms with Crippen molar-refractivity contribution in [2.75, 3.05) is 54.5 Å². The van der Waals surface area contributed by atoms with Crippen LogP contribution in [0.1, 0.15) is 29.0 Å². The van der Waals surface area contributed by atoms with Gasteiger partial charge in [0.15, 0.2) is 5.58 Å². The Bertz CT molecular complexity index is 1480. The molecule has 0 saturated carbocycles. The molecule has 198 valence electrons. The molecule has 6 rings (SSSR count). The fourth-order valence-electron chi connectivity index (χ4n) is 4.75. The maximum atomic E-state index is 14.4. The van der Waals surface area contributed by atoms with Gasteiger partial charge in [0.1, 0.15) is 16.2 Å². The molecule has 12 heteroatoms. The largest absolute Gasteiger partial charge is 0.423 e. The number of carbonyl (C=O) groups is 1. The van der Waals surface area contributed by atoms with Gasteiger partial charge in [-0.3, -0.25) is 9.78 Å². The standard InChI is InChI=1S/C26H26F2N6O3S/c1-16-11-17(3-5-29-16)24-31-20(14-38-24)23(35)30-18-13-22-19(32-25(37-22)33-7-9-36-10-8-33)12-21(18)34-6-2-4-26(27,28)15-34/h3,5,11-14H,2,4,6-10,15H2,1H3,(H,30,35). The van der Waals surface area contributed by atoms with E-state index in [2.05, 4.69) is 20.3 Å². The van der Waals surface area contributed by atoms with E-state index in [1.54, 1.807) is 28.6 Å². The van der Waals surface area contributed by atoms with Gasteiger partial charge in [0.2, 0.25) is 0 Å². The number of piperidine rings is 1. The molecule has 3 aromatic heterocycles. The average Bonchev–Trinajstić information content (AvgIpc) is 3.56. The van der Waals surface area contributed by atoms with Gasteiger partial charge in [-0.1, -0.05) is 0 Å². The number of alkyl halides is 2. The summed E-state index contributed by atoms with van der Waals surface area (Å²) in [5, 5.41) is 5.26. The van der Waals surface area contributed by atoms with Crippen molar-refractivity contribution in [3.8, 4) is 10.6 Å². The number of aromatic nitrogens is 3. The summed E-state index contributed by atoms with van der Waals surface area (Å²) in [7, 11) is 0. The number of fused-ring (bicyclic) bond motifs is 1. The van der Waals surface area contributed by atoms with E-state index in [0.29, 0.717) is 72.8 Å². The van der Waals surface area contributed by atoms with Crippen molar-refractivity contribution in [3.05, 3.63) is 47.2 Å². The van der Waals surface area contributed by atoms with Crippen molar-refractivity contribution in [2.24, 2.45) is 0 Å². The third-order valence-corrected chi connectivity index (χ3v) is 7.53. The van der Waals surface area contributed by atoms with Crippen LogP contribution in [0.25, 0.3) is 21.7 Å². The molecule has 2 aliphatic rings. The van der Waals surface area contributed by atoms with Gasteiger partial charge in [-0.2, -0.15) is 4.98 Å². The number of pyridine rings is 1. The quantitative estimate of drug-likeness (QED) is 0.379. The first-order chi connectivity index (χ1) is 18.3. The lowest BCUT2D eigenvalue weighted by molar-refractivity contribution is -0.0116. The summed E-state index contributed by atoms with van der Waals surface area (Å²) in [6, 6.07) is 7.56. The number of hydrogen-bond donors (Lipinski definition) is 1. The second kappa shape index (κ2) is 9.91. The molecule has 2 saturated heterocycles. The number of amides is 1. The van der Waals surface area contributed by atoms with Crippen LogP contribution in [0.4, 0.5) is 26.2 Å². The number of nitrogens with zero attached hydrogens (tertiary/aromatic N) is 5. The Morgan fingerprint density at radius 2 is 1.97 bits per heavy atom. The Balaban J connectivity index is 1.33. The smallest absolute Gasteiger partial charge is 0.298 e. The van der Waals surface area contributed by atoms with E-state index in [4.69, 9.17) is 9.15 Å². The summed E-state index contributed by atoms with van der Waals surface area (Å²) in [4.78, 5) is 30.2. The van der Waals surface area contributed by atoms with Crippen LogP contribution in [0.3, 0.4) is 0 Å². The molecule has 4 aromatic rings. The van der Waals surface area contributed by atoms with E-state index >= 15 is 0 Å². The monoisotopic (exact) mass is 540 g/mol. The SMILES string of the molecule is Cc1cc(-c2nc(C(=O)Nc3cc4oc(N5CCOCC5)nc4cc3N3CCCC(F)(F)C3)cs2)ccn1. The van der Waals surface area contributed by atoms with Crippen molar-refractivity contribution in [2.45, 2.75) is 25.7 Å². The van der Waals surface area contributed by atoms with Crippen molar-refractivity contribution >= 4 is 45.7 Å². The van der Waals surface area contributed by atoms with Crippen LogP contribution in [0.5, 0.6) is 0 Å². The van der Waals surface area contributed by atoms with Gasteiger partial charge >= 0.3 is 0 Å². The summed E-state index contributed by atoms with van der Waals surface area (Å²) >= 11 is 1.35. The molecule has 1 aromatic carbocycles. The summed E-state index contributed by atoms with van der Waals surface area (Å²) < 4.78 is 40.1. The highest BCUT2D eigenvalue weighted by Crippen LogP contribution is 2.38. The molecular formula is C26H26F2N6O3S. The number of benzene rings is 1. The average molecular weight is 541 g/mol. The van der Waals surface area contributed by atoms with E-state index in [1.165, 1.54) is 11.3 Å². The zero-order valence-electron chi connectivity index (χ0n) is 20.7. The van der Waals surface area contributed by atoms with Crippen molar-refractivity contribution in [3.63, 3.8) is 0 Å². The Morgan fingerprint density at radius 1 is 1.13 bits per heavy atom. The first kappa shape index (κ1) is 24.7. The zero-order chi connectivity index (χ0) is 26.3. The predicted molar refractivity (Wildman–Crippen MR) is 141 cm³/mol. The number of oxazole rings is 1. The number of carbonyl (C=O) groups excluding carboxylic acids is 1. The predicted octanol–water partition coefficient (Wildman–Crippen LogP) is 4.98. The molecule has 5 heterocycles. The van der Waals surface area contributed by atoms with Crippen molar-refractivity contribution in [1.82, 2.24) is 15.0 Å². The third kappa shape index (κ3) is 5.05. The lowest BCUT2D eigenvalue weighted by Gasteiger charge is -2.35. The molecule has 0 aliphatic carbocycles. The summed E-state index contributed by atoms with van der Waals surface area (Å²) in [5.74, 6) is -3.25. The van der Waals surface area contributed by atoms with E-state index in [9.17, 15) is 13.6 Å². The molecule has 38 heavy (non-hydrogen) atoms. The van der Waals surface area contributed by atoms with Crippen LogP contribution in [0.2, 0.25) is 0 Å². The van der Waals surface area contributed by atoms with Gasteiger partial charge in [-0.05, 0) is 31.5 Å². The minimum atomic E-state index is -2.82. The number of aryl methyl sites for hydroxylation is 1. The number of halogens is 2. The minimum absolute atomic E-state index is 0.158. The topological polar surface area (TPSA) is 96.6 Å². The zero-order valence-corrected chi connectivity index (χ0v) is 21.6. The number of nitrogens with one attached hydrogen (secondary N) is 1. The van der Waals surface area contributed by atoms with Crippen LogP contribution >= 0.6 is 11.3 Å². The number of ether oxygens (including phenoxy) is 1. The van der Waals surface area contributed by atoms with E-state index in [0.717, 1.165) is 11.3 Å². The molecule has 9 nitrogen and oxygen atoms in total. The van der Waals surface area contributed by atoms with Gasteiger partial charge in [-0.15, -0.1) is 11.3 Å². The highest BCUT2D eigenvalue weighted by atomic mass is 32.1. The molecule has 0 spiro atoms. The van der Waals surface area contributed by atoms with Gasteiger partial charge in [0.05, 0.1) is 31.1 Å². The van der Waals surface area contributed by atoms with E-state index < -0.39 is 18.4 Å². The summed E-state index contributed by atoms with van der Waals surface area (Å²) in [5.41, 5.74) is 3.81. The van der Waals surface area contributed by atoms with Crippen LogP contribution < -0.4 is 15.1 Å². The van der Waals surface area contributed by atoms with Gasteiger partial charge in [0, 0.05) is 55.0 Å². The van der Waals surface area contributed by atoms with Gasteiger partial charge in [0.25, 0.3) is 17.8 Å².